The Labute approximate surface area is 139 Å². The molecule has 1 aromatic carbocycles. The van der Waals surface area contributed by atoms with E-state index in [9.17, 15) is 9.59 Å². The van der Waals surface area contributed by atoms with Crippen LogP contribution in [0, 0.1) is 0 Å². The predicted octanol–water partition coefficient (Wildman–Crippen LogP) is 2.38. The van der Waals surface area contributed by atoms with Crippen LogP contribution in [-0.4, -0.2) is 42.9 Å². The summed E-state index contributed by atoms with van der Waals surface area (Å²) in [5.41, 5.74) is 1.58. The summed E-state index contributed by atoms with van der Waals surface area (Å²) in [6, 6.07) is 7.57. The third-order valence-corrected chi connectivity index (χ3v) is 3.80. The Hall–Kier alpha value is -1.88. The van der Waals surface area contributed by atoms with Crippen molar-refractivity contribution < 1.29 is 9.59 Å². The SMILES string of the molecule is CCN(CC)CCNC(=O)C(=O)Nc1ccccc1C(C)(C)C. The Kier molecular flexibility index (Phi) is 7.23. The van der Waals surface area contributed by atoms with Crippen LogP contribution in [0.1, 0.15) is 40.2 Å². The molecular formula is C18H29N3O2. The molecule has 0 saturated heterocycles. The van der Waals surface area contributed by atoms with Gasteiger partial charge in [-0.1, -0.05) is 52.8 Å². The lowest BCUT2D eigenvalue weighted by Crippen LogP contribution is -2.40. The molecule has 0 aliphatic heterocycles. The van der Waals surface area contributed by atoms with Crippen LogP contribution in [0.3, 0.4) is 0 Å². The summed E-state index contributed by atoms with van der Waals surface area (Å²) < 4.78 is 0. The lowest BCUT2D eigenvalue weighted by molar-refractivity contribution is -0.136. The molecule has 1 rings (SSSR count). The van der Waals surface area contributed by atoms with Gasteiger partial charge in [-0.25, -0.2) is 0 Å². The molecule has 0 heterocycles. The van der Waals surface area contributed by atoms with Gasteiger partial charge in [0, 0.05) is 18.8 Å². The molecule has 0 saturated carbocycles. The zero-order valence-electron chi connectivity index (χ0n) is 14.9. The number of hydrogen-bond donors (Lipinski definition) is 2. The lowest BCUT2D eigenvalue weighted by Gasteiger charge is -2.23. The number of anilines is 1. The molecule has 0 aliphatic rings. The molecule has 0 fully saturated rings. The number of carbonyl (C=O) groups is 2. The maximum absolute atomic E-state index is 12.1. The Morgan fingerprint density at radius 1 is 1.04 bits per heavy atom. The Morgan fingerprint density at radius 2 is 1.65 bits per heavy atom. The largest absolute Gasteiger partial charge is 0.347 e. The molecule has 0 bridgehead atoms. The van der Waals surface area contributed by atoms with Crippen molar-refractivity contribution in [3.8, 4) is 0 Å². The quantitative estimate of drug-likeness (QED) is 0.792. The van der Waals surface area contributed by atoms with Crippen molar-refractivity contribution in [2.24, 2.45) is 0 Å². The van der Waals surface area contributed by atoms with E-state index in [4.69, 9.17) is 0 Å². The minimum absolute atomic E-state index is 0.108. The number of nitrogens with zero attached hydrogens (tertiary/aromatic N) is 1. The topological polar surface area (TPSA) is 61.4 Å². The Morgan fingerprint density at radius 3 is 2.22 bits per heavy atom. The third-order valence-electron chi connectivity index (χ3n) is 3.80. The average molecular weight is 319 g/mol. The molecule has 0 unspecified atom stereocenters. The first-order chi connectivity index (χ1) is 10.8. The van der Waals surface area contributed by atoms with E-state index in [0.717, 1.165) is 25.2 Å². The molecule has 2 amide bonds. The maximum atomic E-state index is 12.1. The van der Waals surface area contributed by atoms with Crippen molar-refractivity contribution in [2.45, 2.75) is 40.0 Å². The van der Waals surface area contributed by atoms with Crippen LogP contribution in [-0.2, 0) is 15.0 Å². The van der Waals surface area contributed by atoms with E-state index in [1.165, 1.54) is 0 Å². The highest BCUT2D eigenvalue weighted by Gasteiger charge is 2.20. The fraction of sp³-hybridized carbons (Fsp3) is 0.556. The van der Waals surface area contributed by atoms with Crippen molar-refractivity contribution in [2.75, 3.05) is 31.5 Å². The second kappa shape index (κ2) is 8.67. The first-order valence-corrected chi connectivity index (χ1v) is 8.20. The van der Waals surface area contributed by atoms with Gasteiger partial charge in [-0.15, -0.1) is 0 Å². The molecule has 0 aliphatic carbocycles. The number of rotatable bonds is 6. The Balaban J connectivity index is 2.61. The standard InChI is InChI=1S/C18H29N3O2/c1-6-21(7-2)13-12-19-16(22)17(23)20-15-11-9-8-10-14(15)18(3,4)5/h8-11H,6-7,12-13H2,1-5H3,(H,19,22)(H,20,23). The highest BCUT2D eigenvalue weighted by molar-refractivity contribution is 6.39. The average Bonchev–Trinajstić information content (AvgIpc) is 2.50. The minimum atomic E-state index is -0.624. The van der Waals surface area contributed by atoms with Crippen molar-refractivity contribution in [1.29, 1.82) is 0 Å². The summed E-state index contributed by atoms with van der Waals surface area (Å²) in [5, 5.41) is 5.39. The van der Waals surface area contributed by atoms with Crippen LogP contribution in [0.15, 0.2) is 24.3 Å². The number of likely N-dealkylation sites (N-methyl/N-ethyl adjacent to an activating group) is 1. The molecule has 5 nitrogen and oxygen atoms in total. The van der Waals surface area contributed by atoms with Gasteiger partial charge in [0.15, 0.2) is 0 Å². The predicted molar refractivity (Wildman–Crippen MR) is 94.6 cm³/mol. The number of nitrogens with one attached hydrogen (secondary N) is 2. The van der Waals surface area contributed by atoms with Gasteiger partial charge in [-0.05, 0) is 30.1 Å². The zero-order valence-corrected chi connectivity index (χ0v) is 14.9. The molecule has 5 heteroatoms. The first-order valence-electron chi connectivity index (χ1n) is 8.20. The van der Waals surface area contributed by atoms with Crippen LogP contribution in [0.5, 0.6) is 0 Å². The second-order valence-electron chi connectivity index (χ2n) is 6.53. The van der Waals surface area contributed by atoms with Crippen LogP contribution in [0.4, 0.5) is 5.69 Å². The van der Waals surface area contributed by atoms with E-state index in [0.29, 0.717) is 12.2 Å². The normalized spacial score (nSPS) is 11.4. The van der Waals surface area contributed by atoms with E-state index < -0.39 is 11.8 Å². The molecule has 1 aromatic rings. The van der Waals surface area contributed by atoms with Gasteiger partial charge in [0.1, 0.15) is 0 Å². The fourth-order valence-electron chi connectivity index (χ4n) is 2.37. The van der Waals surface area contributed by atoms with E-state index in [1.807, 2.05) is 24.3 Å². The number of benzene rings is 1. The van der Waals surface area contributed by atoms with Crippen LogP contribution < -0.4 is 10.6 Å². The van der Waals surface area contributed by atoms with Crippen molar-refractivity contribution in [3.63, 3.8) is 0 Å². The monoisotopic (exact) mass is 319 g/mol. The molecule has 128 valence electrons. The summed E-state index contributed by atoms with van der Waals surface area (Å²) in [7, 11) is 0. The summed E-state index contributed by atoms with van der Waals surface area (Å²) in [6.45, 7) is 13.4. The van der Waals surface area contributed by atoms with E-state index in [1.54, 1.807) is 0 Å². The smallest absolute Gasteiger partial charge is 0.313 e. The maximum Gasteiger partial charge on any atom is 0.313 e. The summed E-state index contributed by atoms with van der Waals surface area (Å²) in [5.74, 6) is -1.22. The number of carbonyl (C=O) groups excluding carboxylic acids is 2. The second-order valence-corrected chi connectivity index (χ2v) is 6.53. The van der Waals surface area contributed by atoms with Crippen molar-refractivity contribution in [1.82, 2.24) is 10.2 Å². The van der Waals surface area contributed by atoms with Gasteiger partial charge >= 0.3 is 11.8 Å². The zero-order chi connectivity index (χ0) is 17.5. The minimum Gasteiger partial charge on any atom is -0.347 e. The van der Waals surface area contributed by atoms with Gasteiger partial charge in [0.25, 0.3) is 0 Å². The van der Waals surface area contributed by atoms with Gasteiger partial charge in [0.05, 0.1) is 0 Å². The van der Waals surface area contributed by atoms with Crippen molar-refractivity contribution in [3.05, 3.63) is 29.8 Å². The van der Waals surface area contributed by atoms with Crippen LogP contribution in [0.25, 0.3) is 0 Å². The van der Waals surface area contributed by atoms with Crippen molar-refractivity contribution >= 4 is 17.5 Å². The van der Waals surface area contributed by atoms with Gasteiger partial charge < -0.3 is 15.5 Å². The molecular weight excluding hydrogens is 290 g/mol. The van der Waals surface area contributed by atoms with Gasteiger partial charge in [-0.3, -0.25) is 9.59 Å². The van der Waals surface area contributed by atoms with E-state index in [2.05, 4.69) is 50.2 Å². The highest BCUT2D eigenvalue weighted by atomic mass is 16.2. The first kappa shape index (κ1) is 19.2. The Bertz CT molecular complexity index is 531. The number of hydrogen-bond acceptors (Lipinski definition) is 3. The lowest BCUT2D eigenvalue weighted by atomic mass is 9.86. The molecule has 0 spiro atoms. The fourth-order valence-corrected chi connectivity index (χ4v) is 2.37. The number of para-hydroxylation sites is 1. The highest BCUT2D eigenvalue weighted by Crippen LogP contribution is 2.29. The summed E-state index contributed by atoms with van der Waals surface area (Å²) in [4.78, 5) is 26.2. The third kappa shape index (κ3) is 6.02. The molecule has 0 aromatic heterocycles. The summed E-state index contributed by atoms with van der Waals surface area (Å²) in [6.07, 6.45) is 0. The van der Waals surface area contributed by atoms with Crippen LogP contribution in [0.2, 0.25) is 0 Å². The van der Waals surface area contributed by atoms with Gasteiger partial charge in [0.2, 0.25) is 0 Å². The van der Waals surface area contributed by atoms with Gasteiger partial charge in [-0.2, -0.15) is 0 Å². The molecule has 0 radical (unpaired) electrons. The molecule has 23 heavy (non-hydrogen) atoms. The molecule has 2 N–H and O–H groups in total. The molecule has 0 atom stereocenters. The van der Waals surface area contributed by atoms with E-state index in [-0.39, 0.29) is 5.41 Å². The van der Waals surface area contributed by atoms with E-state index >= 15 is 0 Å². The summed E-state index contributed by atoms with van der Waals surface area (Å²) >= 11 is 0. The number of amides is 2. The van der Waals surface area contributed by atoms with Crippen LogP contribution >= 0.6 is 0 Å².